The molecule has 0 spiro atoms. The topological polar surface area (TPSA) is 41.3 Å². The normalized spacial score (nSPS) is 23.3. The van der Waals surface area contributed by atoms with Crippen LogP contribution >= 0.6 is 0 Å². The molecular weight excluding hydrogens is 262 g/mol. The molecule has 21 heavy (non-hydrogen) atoms. The number of aliphatic hydroxyl groups excluding tert-OH is 1. The predicted octanol–water partition coefficient (Wildman–Crippen LogP) is 2.13. The van der Waals surface area contributed by atoms with Gasteiger partial charge in [-0.15, -0.1) is 0 Å². The van der Waals surface area contributed by atoms with E-state index < -0.39 is 0 Å². The van der Waals surface area contributed by atoms with Gasteiger partial charge in [0, 0.05) is 25.5 Å². The third-order valence-corrected chi connectivity index (χ3v) is 4.37. The van der Waals surface area contributed by atoms with Gasteiger partial charge in [0.15, 0.2) is 0 Å². The fraction of sp³-hybridized carbons (Fsp3) is 0.471. The molecule has 2 unspecified atom stereocenters. The number of aliphatic hydroxyl groups is 1. The molecule has 1 saturated heterocycles. The minimum atomic E-state index is -0.212. The van der Waals surface area contributed by atoms with Crippen LogP contribution in [0.15, 0.2) is 42.7 Å². The van der Waals surface area contributed by atoms with E-state index in [1.807, 2.05) is 18.5 Å². The average Bonchev–Trinajstić information content (AvgIpc) is 2.91. The highest BCUT2D eigenvalue weighted by Crippen LogP contribution is 2.18. The van der Waals surface area contributed by atoms with E-state index in [-0.39, 0.29) is 6.10 Å². The minimum absolute atomic E-state index is 0.212. The van der Waals surface area contributed by atoms with Gasteiger partial charge >= 0.3 is 0 Å². The van der Waals surface area contributed by atoms with Crippen molar-refractivity contribution < 1.29 is 5.11 Å². The summed E-state index contributed by atoms with van der Waals surface area (Å²) in [6.45, 7) is 5.57. The van der Waals surface area contributed by atoms with E-state index in [0.29, 0.717) is 5.92 Å². The lowest BCUT2D eigenvalue weighted by molar-refractivity contribution is 0.0245. The first-order valence-electron chi connectivity index (χ1n) is 7.67. The van der Waals surface area contributed by atoms with Gasteiger partial charge in [-0.05, 0) is 24.4 Å². The molecule has 1 aromatic heterocycles. The number of nitrogens with zero attached hydrogens (tertiary/aromatic N) is 3. The second-order valence-corrected chi connectivity index (χ2v) is 6.03. The highest BCUT2D eigenvalue weighted by atomic mass is 16.3. The van der Waals surface area contributed by atoms with Crippen molar-refractivity contribution in [2.45, 2.75) is 32.5 Å². The third-order valence-electron chi connectivity index (χ3n) is 4.37. The Morgan fingerprint density at radius 3 is 2.81 bits per heavy atom. The van der Waals surface area contributed by atoms with E-state index >= 15 is 0 Å². The van der Waals surface area contributed by atoms with E-state index in [1.165, 1.54) is 5.56 Å². The fourth-order valence-electron chi connectivity index (χ4n) is 2.87. The van der Waals surface area contributed by atoms with Crippen LogP contribution in [0.1, 0.15) is 24.7 Å². The fourth-order valence-corrected chi connectivity index (χ4v) is 2.87. The third kappa shape index (κ3) is 3.52. The Morgan fingerprint density at radius 1 is 1.24 bits per heavy atom. The van der Waals surface area contributed by atoms with Gasteiger partial charge in [-0.25, -0.2) is 4.98 Å². The second kappa shape index (κ2) is 6.41. The maximum Gasteiger partial charge on any atom is 0.123 e. The summed E-state index contributed by atoms with van der Waals surface area (Å²) in [6, 6.07) is 10.4. The summed E-state index contributed by atoms with van der Waals surface area (Å²) in [5.74, 6) is 1.48. The standard InChI is InChI=1S/C17H23N3O/c1-14-7-9-19(12-16(14)21)13-17-18-8-10-20(17)11-15-5-3-2-4-6-15/h2-6,8,10,14,16,21H,7,9,11-13H2,1H3. The zero-order valence-electron chi connectivity index (χ0n) is 12.5. The molecule has 4 heteroatoms. The Balaban J connectivity index is 1.66. The van der Waals surface area contributed by atoms with Gasteiger partial charge in [0.25, 0.3) is 0 Å². The van der Waals surface area contributed by atoms with Crippen LogP contribution in [0, 0.1) is 5.92 Å². The number of benzene rings is 1. The highest BCUT2D eigenvalue weighted by Gasteiger charge is 2.24. The van der Waals surface area contributed by atoms with Gasteiger partial charge in [-0.1, -0.05) is 37.3 Å². The van der Waals surface area contributed by atoms with Crippen LogP contribution in [-0.2, 0) is 13.1 Å². The van der Waals surface area contributed by atoms with Crippen LogP contribution in [0.3, 0.4) is 0 Å². The van der Waals surface area contributed by atoms with Crippen molar-refractivity contribution in [3.63, 3.8) is 0 Å². The van der Waals surface area contributed by atoms with E-state index in [4.69, 9.17) is 0 Å². The van der Waals surface area contributed by atoms with Crippen LogP contribution in [-0.4, -0.2) is 38.8 Å². The molecule has 2 heterocycles. The van der Waals surface area contributed by atoms with Gasteiger partial charge < -0.3 is 9.67 Å². The lowest BCUT2D eigenvalue weighted by atomic mass is 9.96. The lowest BCUT2D eigenvalue weighted by Gasteiger charge is -2.34. The summed E-state index contributed by atoms with van der Waals surface area (Å²) < 4.78 is 2.19. The van der Waals surface area contributed by atoms with Crippen molar-refractivity contribution in [2.24, 2.45) is 5.92 Å². The largest absolute Gasteiger partial charge is 0.392 e. The van der Waals surface area contributed by atoms with E-state index in [9.17, 15) is 5.11 Å². The zero-order valence-corrected chi connectivity index (χ0v) is 12.5. The molecule has 1 fully saturated rings. The summed E-state index contributed by atoms with van der Waals surface area (Å²) in [6.07, 6.45) is 4.74. The quantitative estimate of drug-likeness (QED) is 0.935. The Morgan fingerprint density at radius 2 is 2.05 bits per heavy atom. The first kappa shape index (κ1) is 14.3. The van der Waals surface area contributed by atoms with Crippen molar-refractivity contribution in [1.29, 1.82) is 0 Å². The molecule has 0 amide bonds. The molecular formula is C17H23N3O. The van der Waals surface area contributed by atoms with Crippen molar-refractivity contribution in [3.05, 3.63) is 54.1 Å². The van der Waals surface area contributed by atoms with Crippen LogP contribution < -0.4 is 0 Å². The molecule has 2 aromatic rings. The van der Waals surface area contributed by atoms with Gasteiger partial charge in [-0.3, -0.25) is 4.90 Å². The molecule has 4 nitrogen and oxygen atoms in total. The molecule has 0 radical (unpaired) electrons. The summed E-state index contributed by atoms with van der Waals surface area (Å²) in [4.78, 5) is 6.79. The molecule has 0 bridgehead atoms. The summed E-state index contributed by atoms with van der Waals surface area (Å²) in [5, 5.41) is 10.0. The summed E-state index contributed by atoms with van der Waals surface area (Å²) >= 11 is 0. The number of aromatic nitrogens is 2. The van der Waals surface area contributed by atoms with Gasteiger partial charge in [0.05, 0.1) is 12.6 Å². The zero-order chi connectivity index (χ0) is 14.7. The molecule has 2 atom stereocenters. The molecule has 0 aliphatic carbocycles. The Labute approximate surface area is 126 Å². The highest BCUT2D eigenvalue weighted by molar-refractivity contribution is 5.15. The Hall–Kier alpha value is -1.65. The predicted molar refractivity (Wildman–Crippen MR) is 82.8 cm³/mol. The van der Waals surface area contributed by atoms with Crippen LogP contribution in [0.5, 0.6) is 0 Å². The van der Waals surface area contributed by atoms with E-state index in [1.54, 1.807) is 0 Å². The molecule has 1 aliphatic heterocycles. The number of β-amino-alcohol motifs (C(OH)–C–C–N with tert-alkyl or cyclic N) is 1. The molecule has 1 N–H and O–H groups in total. The van der Waals surface area contributed by atoms with Crippen molar-refractivity contribution in [2.75, 3.05) is 13.1 Å². The minimum Gasteiger partial charge on any atom is -0.392 e. The number of hydrogen-bond donors (Lipinski definition) is 1. The van der Waals surface area contributed by atoms with Crippen LogP contribution in [0.25, 0.3) is 0 Å². The SMILES string of the molecule is CC1CCN(Cc2nccn2Cc2ccccc2)CC1O. The van der Waals surface area contributed by atoms with Crippen molar-refractivity contribution in [1.82, 2.24) is 14.5 Å². The van der Waals surface area contributed by atoms with E-state index in [0.717, 1.165) is 38.4 Å². The van der Waals surface area contributed by atoms with Crippen molar-refractivity contribution >= 4 is 0 Å². The molecule has 1 aliphatic rings. The summed E-state index contributed by atoms with van der Waals surface area (Å²) in [7, 11) is 0. The number of rotatable bonds is 4. The second-order valence-electron chi connectivity index (χ2n) is 6.03. The maximum atomic E-state index is 10.0. The van der Waals surface area contributed by atoms with Gasteiger partial charge in [-0.2, -0.15) is 0 Å². The van der Waals surface area contributed by atoms with Gasteiger partial charge in [0.2, 0.25) is 0 Å². The number of imidazole rings is 1. The molecule has 112 valence electrons. The first-order valence-corrected chi connectivity index (χ1v) is 7.67. The number of hydrogen-bond acceptors (Lipinski definition) is 3. The van der Waals surface area contributed by atoms with Gasteiger partial charge in [0.1, 0.15) is 5.82 Å². The lowest BCUT2D eigenvalue weighted by Crippen LogP contribution is -2.42. The number of piperidine rings is 1. The Kier molecular flexibility index (Phi) is 4.36. The van der Waals surface area contributed by atoms with E-state index in [2.05, 4.69) is 45.6 Å². The monoisotopic (exact) mass is 285 g/mol. The number of likely N-dealkylation sites (tertiary alicyclic amines) is 1. The van der Waals surface area contributed by atoms with Crippen molar-refractivity contribution in [3.8, 4) is 0 Å². The van der Waals surface area contributed by atoms with Crippen LogP contribution in [0.2, 0.25) is 0 Å². The summed E-state index contributed by atoms with van der Waals surface area (Å²) in [5.41, 5.74) is 1.28. The smallest absolute Gasteiger partial charge is 0.123 e. The average molecular weight is 285 g/mol. The molecule has 3 rings (SSSR count). The Bertz CT molecular complexity index is 566. The maximum absolute atomic E-state index is 10.0. The van der Waals surface area contributed by atoms with Crippen LogP contribution in [0.4, 0.5) is 0 Å². The molecule has 0 saturated carbocycles. The first-order chi connectivity index (χ1) is 10.2. The molecule has 1 aromatic carbocycles.